The summed E-state index contributed by atoms with van der Waals surface area (Å²) in [6.45, 7) is 0.729. The van der Waals surface area contributed by atoms with Crippen LogP contribution in [0.1, 0.15) is 34.9 Å². The monoisotopic (exact) mass is 270 g/mol. The Bertz CT molecular complexity index is 594. The molecule has 0 radical (unpaired) electrons. The Morgan fingerprint density at radius 2 is 2.25 bits per heavy atom. The summed E-state index contributed by atoms with van der Waals surface area (Å²) in [4.78, 5) is 14.5. The maximum atomic E-state index is 12.6. The van der Waals surface area contributed by atoms with Crippen LogP contribution in [0.4, 0.5) is 5.69 Å². The van der Waals surface area contributed by atoms with Crippen LogP contribution in [0.5, 0.6) is 0 Å². The van der Waals surface area contributed by atoms with Gasteiger partial charge in [-0.25, -0.2) is 0 Å². The molecular weight excluding hydrogens is 252 g/mol. The topological polar surface area (TPSA) is 61.0 Å². The average molecular weight is 270 g/mol. The number of amides is 1. The average Bonchev–Trinajstić information content (AvgIpc) is 2.95. The predicted octanol–water partition coefficient (Wildman–Crippen LogP) is 2.11. The summed E-state index contributed by atoms with van der Waals surface area (Å²) >= 11 is 0. The largest absolute Gasteiger partial charge is 0.313 e. The molecule has 1 aromatic carbocycles. The molecule has 1 unspecified atom stereocenters. The number of hydrogen-bond acceptors (Lipinski definition) is 3. The third-order valence-electron chi connectivity index (χ3n) is 3.80. The molecule has 0 aliphatic carbocycles. The number of carbonyl (C=O) groups is 1. The number of nitrogens with one attached hydrogen (secondary N) is 2. The lowest BCUT2D eigenvalue weighted by Crippen LogP contribution is -2.32. The predicted molar refractivity (Wildman–Crippen MR) is 77.7 cm³/mol. The number of fused-ring (bicyclic) bond motifs is 1. The fourth-order valence-corrected chi connectivity index (χ4v) is 2.79. The normalized spacial score (nSPS) is 18.4. The summed E-state index contributed by atoms with van der Waals surface area (Å²) in [6, 6.07) is 10.1. The summed E-state index contributed by atoms with van der Waals surface area (Å²) in [5.41, 5.74) is 2.70. The van der Waals surface area contributed by atoms with Gasteiger partial charge in [0.05, 0.1) is 0 Å². The SMILES string of the molecule is CNC1CCCN(C(=O)c2ccn[nH]2)c2ccccc21. The second kappa shape index (κ2) is 5.46. The zero-order chi connectivity index (χ0) is 13.9. The molecule has 3 rings (SSSR count). The number of aromatic nitrogens is 2. The first-order chi connectivity index (χ1) is 9.81. The second-order valence-electron chi connectivity index (χ2n) is 4.97. The molecule has 2 heterocycles. The number of rotatable bonds is 2. The smallest absolute Gasteiger partial charge is 0.276 e. The highest BCUT2D eigenvalue weighted by atomic mass is 16.2. The lowest BCUT2D eigenvalue weighted by molar-refractivity contribution is 0.0982. The molecule has 5 nitrogen and oxygen atoms in total. The van der Waals surface area contributed by atoms with E-state index in [1.165, 1.54) is 5.56 Å². The first-order valence-corrected chi connectivity index (χ1v) is 6.88. The molecule has 2 aromatic rings. The molecule has 0 spiro atoms. The summed E-state index contributed by atoms with van der Waals surface area (Å²) in [5.74, 6) is -0.0216. The highest BCUT2D eigenvalue weighted by molar-refractivity contribution is 6.05. The molecule has 0 saturated heterocycles. The van der Waals surface area contributed by atoms with E-state index in [9.17, 15) is 4.79 Å². The van der Waals surface area contributed by atoms with E-state index in [1.54, 1.807) is 12.3 Å². The molecule has 0 bridgehead atoms. The molecule has 20 heavy (non-hydrogen) atoms. The van der Waals surface area contributed by atoms with Crippen LogP contribution in [0.15, 0.2) is 36.5 Å². The van der Waals surface area contributed by atoms with Crippen molar-refractivity contribution in [3.05, 3.63) is 47.8 Å². The third-order valence-corrected chi connectivity index (χ3v) is 3.80. The fraction of sp³-hybridized carbons (Fsp3) is 0.333. The Morgan fingerprint density at radius 1 is 1.40 bits per heavy atom. The number of para-hydroxylation sites is 1. The Hall–Kier alpha value is -2.14. The minimum Gasteiger partial charge on any atom is -0.313 e. The molecule has 0 fully saturated rings. The van der Waals surface area contributed by atoms with Crippen molar-refractivity contribution in [3.63, 3.8) is 0 Å². The van der Waals surface area contributed by atoms with Gasteiger partial charge in [-0.2, -0.15) is 5.10 Å². The molecular formula is C15H18N4O. The Kier molecular flexibility index (Phi) is 3.52. The number of hydrogen-bond donors (Lipinski definition) is 2. The van der Waals surface area contributed by atoms with Crippen molar-refractivity contribution in [1.29, 1.82) is 0 Å². The highest BCUT2D eigenvalue weighted by Gasteiger charge is 2.26. The van der Waals surface area contributed by atoms with Crippen molar-refractivity contribution in [2.75, 3.05) is 18.5 Å². The molecule has 1 aliphatic heterocycles. The van der Waals surface area contributed by atoms with Gasteiger partial charge in [0, 0.05) is 24.5 Å². The molecule has 1 aliphatic rings. The van der Waals surface area contributed by atoms with Crippen molar-refractivity contribution in [1.82, 2.24) is 15.5 Å². The molecule has 1 amide bonds. The maximum absolute atomic E-state index is 12.6. The van der Waals surface area contributed by atoms with E-state index in [0.29, 0.717) is 11.7 Å². The number of carbonyl (C=O) groups excluding carboxylic acids is 1. The Morgan fingerprint density at radius 3 is 3.00 bits per heavy atom. The van der Waals surface area contributed by atoms with Gasteiger partial charge in [-0.1, -0.05) is 18.2 Å². The highest BCUT2D eigenvalue weighted by Crippen LogP contribution is 2.33. The van der Waals surface area contributed by atoms with E-state index in [2.05, 4.69) is 21.6 Å². The summed E-state index contributed by atoms with van der Waals surface area (Å²) in [7, 11) is 1.97. The number of benzene rings is 1. The van der Waals surface area contributed by atoms with Crippen LogP contribution in [-0.4, -0.2) is 29.7 Å². The minimum atomic E-state index is -0.0216. The molecule has 1 aromatic heterocycles. The maximum Gasteiger partial charge on any atom is 0.276 e. The number of aromatic amines is 1. The van der Waals surface area contributed by atoms with Gasteiger partial charge in [0.2, 0.25) is 0 Å². The Balaban J connectivity index is 2.01. The second-order valence-corrected chi connectivity index (χ2v) is 4.97. The van der Waals surface area contributed by atoms with E-state index >= 15 is 0 Å². The quantitative estimate of drug-likeness (QED) is 0.878. The minimum absolute atomic E-state index is 0.0216. The zero-order valence-corrected chi connectivity index (χ0v) is 11.5. The lowest BCUT2D eigenvalue weighted by Gasteiger charge is -2.23. The number of nitrogens with zero attached hydrogens (tertiary/aromatic N) is 2. The van der Waals surface area contributed by atoms with Gasteiger partial charge in [-0.15, -0.1) is 0 Å². The number of H-pyrrole nitrogens is 1. The summed E-state index contributed by atoms with van der Waals surface area (Å²) in [6.07, 6.45) is 3.60. The zero-order valence-electron chi connectivity index (χ0n) is 11.5. The van der Waals surface area contributed by atoms with E-state index < -0.39 is 0 Å². The van der Waals surface area contributed by atoms with Crippen molar-refractivity contribution in [3.8, 4) is 0 Å². The fourth-order valence-electron chi connectivity index (χ4n) is 2.79. The molecule has 0 saturated carbocycles. The van der Waals surface area contributed by atoms with E-state index in [4.69, 9.17) is 0 Å². The van der Waals surface area contributed by atoms with Crippen molar-refractivity contribution < 1.29 is 4.79 Å². The molecule has 2 N–H and O–H groups in total. The van der Waals surface area contributed by atoms with Gasteiger partial charge < -0.3 is 10.2 Å². The van der Waals surface area contributed by atoms with Gasteiger partial charge in [0.1, 0.15) is 5.69 Å². The summed E-state index contributed by atoms with van der Waals surface area (Å²) in [5, 5.41) is 9.95. The van der Waals surface area contributed by atoms with Crippen LogP contribution < -0.4 is 10.2 Å². The van der Waals surface area contributed by atoms with Crippen molar-refractivity contribution in [2.24, 2.45) is 0 Å². The van der Waals surface area contributed by atoms with Gasteiger partial charge in [-0.3, -0.25) is 9.89 Å². The molecule has 1 atom stereocenters. The van der Waals surface area contributed by atoms with Crippen LogP contribution in [0.2, 0.25) is 0 Å². The third kappa shape index (κ3) is 2.20. The van der Waals surface area contributed by atoms with Crippen LogP contribution in [-0.2, 0) is 0 Å². The van der Waals surface area contributed by atoms with E-state index in [1.807, 2.05) is 30.1 Å². The van der Waals surface area contributed by atoms with Gasteiger partial charge in [0.25, 0.3) is 5.91 Å². The lowest BCUT2D eigenvalue weighted by atomic mass is 10.0. The first kappa shape index (κ1) is 12.9. The van der Waals surface area contributed by atoms with E-state index in [0.717, 1.165) is 25.1 Å². The van der Waals surface area contributed by atoms with Gasteiger partial charge >= 0.3 is 0 Å². The summed E-state index contributed by atoms with van der Waals surface area (Å²) < 4.78 is 0. The number of anilines is 1. The van der Waals surface area contributed by atoms with Crippen molar-refractivity contribution >= 4 is 11.6 Å². The van der Waals surface area contributed by atoms with Crippen LogP contribution >= 0.6 is 0 Å². The van der Waals surface area contributed by atoms with Crippen LogP contribution in [0.25, 0.3) is 0 Å². The molecule has 104 valence electrons. The standard InChI is InChI=1S/C15H18N4O/c1-16-12-6-4-10-19(14-7-3-2-5-11(12)14)15(20)13-8-9-17-18-13/h2-3,5,7-9,12,16H,4,6,10H2,1H3,(H,17,18). The first-order valence-electron chi connectivity index (χ1n) is 6.88. The Labute approximate surface area is 118 Å². The van der Waals surface area contributed by atoms with Gasteiger partial charge in [0.15, 0.2) is 0 Å². The van der Waals surface area contributed by atoms with Gasteiger partial charge in [-0.05, 0) is 37.6 Å². The van der Waals surface area contributed by atoms with E-state index in [-0.39, 0.29) is 5.91 Å². The van der Waals surface area contributed by atoms with Crippen LogP contribution in [0.3, 0.4) is 0 Å². The van der Waals surface area contributed by atoms with Crippen molar-refractivity contribution in [2.45, 2.75) is 18.9 Å². The van der Waals surface area contributed by atoms with Crippen LogP contribution in [0, 0.1) is 0 Å². The molecule has 5 heteroatoms.